The molecule has 2 aromatic carbocycles. The lowest BCUT2D eigenvalue weighted by molar-refractivity contribution is -0.118. The van der Waals surface area contributed by atoms with Gasteiger partial charge in [-0.25, -0.2) is 5.01 Å². The maximum Gasteiger partial charge on any atom is 0.250 e. The predicted octanol–water partition coefficient (Wildman–Crippen LogP) is 3.84. The standard InChI is InChI=1S/C23H26N4O2/c1-23(2)12-20-18(21(28)13-23)14-26(3)27(20)16-9-10-17(22(24)29)19(11-16)25-15-7-5-4-6-8-15/h4-11,25H,12-14H2,1-3H3,(H2,24,29). The van der Waals surface area contributed by atoms with Gasteiger partial charge in [0.1, 0.15) is 0 Å². The van der Waals surface area contributed by atoms with E-state index in [0.29, 0.717) is 24.2 Å². The number of para-hydroxylation sites is 1. The summed E-state index contributed by atoms with van der Waals surface area (Å²) in [7, 11) is 1.98. The Hall–Kier alpha value is -3.12. The van der Waals surface area contributed by atoms with E-state index >= 15 is 0 Å². The number of allylic oxidation sites excluding steroid dienone is 1. The first-order valence-corrected chi connectivity index (χ1v) is 9.77. The number of hydrazine groups is 1. The number of hydrogen-bond acceptors (Lipinski definition) is 5. The van der Waals surface area contributed by atoms with E-state index in [9.17, 15) is 9.59 Å². The summed E-state index contributed by atoms with van der Waals surface area (Å²) in [5.41, 5.74) is 10.3. The maximum atomic E-state index is 12.7. The minimum absolute atomic E-state index is 0.0718. The number of carbonyl (C=O) groups excluding carboxylic acids is 2. The molecule has 0 saturated carbocycles. The van der Waals surface area contributed by atoms with Crippen molar-refractivity contribution in [3.05, 3.63) is 65.4 Å². The molecule has 0 spiro atoms. The molecule has 4 rings (SSSR count). The van der Waals surface area contributed by atoms with Crippen LogP contribution in [0.2, 0.25) is 0 Å². The zero-order chi connectivity index (χ0) is 20.8. The van der Waals surface area contributed by atoms with Gasteiger partial charge in [0.25, 0.3) is 5.91 Å². The van der Waals surface area contributed by atoms with Gasteiger partial charge < -0.3 is 11.1 Å². The molecule has 0 aromatic heterocycles. The summed E-state index contributed by atoms with van der Waals surface area (Å²) in [5, 5.41) is 7.44. The molecule has 0 atom stereocenters. The number of ketones is 1. The average Bonchev–Trinajstić information content (AvgIpc) is 2.97. The molecular weight excluding hydrogens is 364 g/mol. The van der Waals surface area contributed by atoms with Crippen molar-refractivity contribution in [3.63, 3.8) is 0 Å². The van der Waals surface area contributed by atoms with Gasteiger partial charge in [-0.1, -0.05) is 32.0 Å². The summed E-state index contributed by atoms with van der Waals surface area (Å²) >= 11 is 0. The Morgan fingerprint density at radius 3 is 2.52 bits per heavy atom. The van der Waals surface area contributed by atoms with E-state index in [-0.39, 0.29) is 11.2 Å². The monoisotopic (exact) mass is 390 g/mol. The Labute approximate surface area is 171 Å². The number of likely N-dealkylation sites (N-methyl/N-ethyl adjacent to an activating group) is 1. The van der Waals surface area contributed by atoms with Crippen LogP contribution < -0.4 is 16.1 Å². The number of hydrogen-bond donors (Lipinski definition) is 2. The molecule has 0 saturated heterocycles. The number of primary amides is 1. The molecule has 150 valence electrons. The van der Waals surface area contributed by atoms with E-state index in [2.05, 4.69) is 29.2 Å². The second-order valence-corrected chi connectivity index (χ2v) is 8.58. The normalized spacial score (nSPS) is 18.7. The molecule has 3 N–H and O–H groups in total. The third-order valence-corrected chi connectivity index (χ3v) is 5.52. The third kappa shape index (κ3) is 3.63. The quantitative estimate of drug-likeness (QED) is 0.829. The van der Waals surface area contributed by atoms with Crippen LogP contribution in [0.1, 0.15) is 37.0 Å². The number of carbonyl (C=O) groups is 2. The van der Waals surface area contributed by atoms with E-state index in [1.54, 1.807) is 6.07 Å². The predicted molar refractivity (Wildman–Crippen MR) is 115 cm³/mol. The van der Waals surface area contributed by atoms with E-state index in [0.717, 1.165) is 29.1 Å². The summed E-state index contributed by atoms with van der Waals surface area (Å²) in [6.07, 6.45) is 1.41. The molecule has 1 amide bonds. The van der Waals surface area contributed by atoms with Crippen LogP contribution in [0.3, 0.4) is 0 Å². The van der Waals surface area contributed by atoms with Crippen LogP contribution in [-0.4, -0.2) is 30.3 Å². The lowest BCUT2D eigenvalue weighted by Gasteiger charge is -2.35. The third-order valence-electron chi connectivity index (χ3n) is 5.52. The van der Waals surface area contributed by atoms with E-state index in [1.165, 1.54) is 0 Å². The van der Waals surface area contributed by atoms with E-state index in [4.69, 9.17) is 5.73 Å². The SMILES string of the molecule is CN1CC2=C(CC(C)(C)CC2=O)N1c1ccc(C(N)=O)c(Nc2ccccc2)c1. The number of Topliss-reactive ketones (excluding diaryl/α,β-unsaturated/α-hetero) is 1. The van der Waals surface area contributed by atoms with Crippen LogP contribution in [-0.2, 0) is 4.79 Å². The minimum Gasteiger partial charge on any atom is -0.366 e. The highest BCUT2D eigenvalue weighted by molar-refractivity contribution is 6.01. The van der Waals surface area contributed by atoms with Crippen molar-refractivity contribution in [3.8, 4) is 0 Å². The molecule has 2 aromatic rings. The highest BCUT2D eigenvalue weighted by Crippen LogP contribution is 2.44. The first kappa shape index (κ1) is 19.2. The van der Waals surface area contributed by atoms with Crippen molar-refractivity contribution in [2.24, 2.45) is 11.1 Å². The van der Waals surface area contributed by atoms with Crippen molar-refractivity contribution in [2.45, 2.75) is 26.7 Å². The highest BCUT2D eigenvalue weighted by Gasteiger charge is 2.41. The zero-order valence-electron chi connectivity index (χ0n) is 17.0. The van der Waals surface area contributed by atoms with Gasteiger partial charge in [0.15, 0.2) is 5.78 Å². The number of nitrogens with one attached hydrogen (secondary N) is 1. The number of nitrogens with two attached hydrogens (primary N) is 1. The highest BCUT2D eigenvalue weighted by atomic mass is 16.1. The van der Waals surface area contributed by atoms with Crippen molar-refractivity contribution in [1.82, 2.24) is 5.01 Å². The summed E-state index contributed by atoms with van der Waals surface area (Å²) in [5.74, 6) is -0.263. The first-order chi connectivity index (χ1) is 13.7. The molecule has 0 fully saturated rings. The van der Waals surface area contributed by atoms with Gasteiger partial charge in [0, 0.05) is 37.0 Å². The number of benzene rings is 2. The number of nitrogens with zero attached hydrogens (tertiary/aromatic N) is 2. The molecule has 6 nitrogen and oxygen atoms in total. The molecule has 1 aliphatic heterocycles. The Morgan fingerprint density at radius 1 is 1.10 bits per heavy atom. The topological polar surface area (TPSA) is 78.7 Å². The molecule has 6 heteroatoms. The Morgan fingerprint density at radius 2 is 1.83 bits per heavy atom. The molecule has 1 heterocycles. The molecule has 0 unspecified atom stereocenters. The van der Waals surface area contributed by atoms with Crippen LogP contribution >= 0.6 is 0 Å². The van der Waals surface area contributed by atoms with Crippen LogP contribution in [0.25, 0.3) is 0 Å². The van der Waals surface area contributed by atoms with Gasteiger partial charge in [-0.05, 0) is 42.2 Å². The van der Waals surface area contributed by atoms with Crippen LogP contribution in [0.15, 0.2) is 59.8 Å². The minimum atomic E-state index is -0.487. The maximum absolute atomic E-state index is 12.7. The zero-order valence-corrected chi connectivity index (χ0v) is 17.0. The smallest absolute Gasteiger partial charge is 0.250 e. The van der Waals surface area contributed by atoms with E-state index in [1.807, 2.05) is 49.5 Å². The van der Waals surface area contributed by atoms with Crippen molar-refractivity contribution in [2.75, 3.05) is 23.9 Å². The number of rotatable bonds is 4. The van der Waals surface area contributed by atoms with Gasteiger partial charge >= 0.3 is 0 Å². The van der Waals surface area contributed by atoms with Crippen LogP contribution in [0.4, 0.5) is 17.1 Å². The first-order valence-electron chi connectivity index (χ1n) is 9.77. The second kappa shape index (κ2) is 7.04. The molecule has 1 aliphatic carbocycles. The molecular formula is C23H26N4O2. The van der Waals surface area contributed by atoms with Crippen molar-refractivity contribution in [1.29, 1.82) is 0 Å². The lowest BCUT2D eigenvalue weighted by atomic mass is 9.76. The number of amides is 1. The average molecular weight is 390 g/mol. The van der Waals surface area contributed by atoms with Gasteiger partial charge in [-0.2, -0.15) is 0 Å². The van der Waals surface area contributed by atoms with Gasteiger partial charge in [0.05, 0.1) is 16.9 Å². The fourth-order valence-electron chi connectivity index (χ4n) is 4.22. The largest absolute Gasteiger partial charge is 0.366 e. The Bertz CT molecular complexity index is 1010. The summed E-state index contributed by atoms with van der Waals surface area (Å²) in [6.45, 7) is 4.86. The van der Waals surface area contributed by atoms with Crippen molar-refractivity contribution < 1.29 is 9.59 Å². The lowest BCUT2D eigenvalue weighted by Crippen LogP contribution is -2.35. The number of anilines is 3. The van der Waals surface area contributed by atoms with Gasteiger partial charge in [-0.3, -0.25) is 14.6 Å². The molecule has 0 radical (unpaired) electrons. The van der Waals surface area contributed by atoms with Crippen LogP contribution in [0, 0.1) is 5.41 Å². The van der Waals surface area contributed by atoms with Crippen molar-refractivity contribution >= 4 is 28.8 Å². The van der Waals surface area contributed by atoms with Gasteiger partial charge in [-0.15, -0.1) is 0 Å². The van der Waals surface area contributed by atoms with Crippen LogP contribution in [0.5, 0.6) is 0 Å². The fourth-order valence-corrected chi connectivity index (χ4v) is 4.22. The summed E-state index contributed by atoms with van der Waals surface area (Å²) in [6, 6.07) is 15.2. The summed E-state index contributed by atoms with van der Waals surface area (Å²) < 4.78 is 0. The fraction of sp³-hybridized carbons (Fsp3) is 0.304. The summed E-state index contributed by atoms with van der Waals surface area (Å²) in [4.78, 5) is 24.6. The Kier molecular flexibility index (Phi) is 4.67. The molecule has 29 heavy (non-hydrogen) atoms. The molecule has 0 bridgehead atoms. The van der Waals surface area contributed by atoms with Gasteiger partial charge in [0.2, 0.25) is 0 Å². The van der Waals surface area contributed by atoms with E-state index < -0.39 is 5.91 Å². The second-order valence-electron chi connectivity index (χ2n) is 8.58. The molecule has 2 aliphatic rings. The Balaban J connectivity index is 1.76.